The van der Waals surface area contributed by atoms with Gasteiger partial charge in [0.1, 0.15) is 5.60 Å². The molecule has 5 heteroatoms. The molecule has 1 aliphatic carbocycles. The van der Waals surface area contributed by atoms with Crippen molar-refractivity contribution in [2.45, 2.75) is 77.9 Å². The number of hydrogen-bond acceptors (Lipinski definition) is 4. The van der Waals surface area contributed by atoms with Gasteiger partial charge in [0.15, 0.2) is 0 Å². The summed E-state index contributed by atoms with van der Waals surface area (Å²) in [6.45, 7) is 13.7. The Bertz CT molecular complexity index is 680. The highest BCUT2D eigenvalue weighted by Crippen LogP contribution is 2.46. The molecule has 1 N–H and O–H groups in total. The number of nitrogens with zero attached hydrogens (tertiary/aromatic N) is 2. The van der Waals surface area contributed by atoms with Crippen molar-refractivity contribution in [3.8, 4) is 0 Å². The van der Waals surface area contributed by atoms with Crippen molar-refractivity contribution in [1.82, 2.24) is 15.1 Å². The van der Waals surface area contributed by atoms with Gasteiger partial charge in [-0.15, -0.1) is 0 Å². The molecule has 3 aliphatic rings. The van der Waals surface area contributed by atoms with Crippen LogP contribution in [-0.2, 0) is 4.74 Å². The summed E-state index contributed by atoms with van der Waals surface area (Å²) in [5.74, 6) is 0. The first-order valence-corrected chi connectivity index (χ1v) is 10.8. The molecule has 0 atom stereocenters. The van der Waals surface area contributed by atoms with Gasteiger partial charge in [-0.1, -0.05) is 25.5 Å². The third-order valence-electron chi connectivity index (χ3n) is 5.81. The van der Waals surface area contributed by atoms with Gasteiger partial charge < -0.3 is 15.0 Å². The first-order chi connectivity index (χ1) is 13.3. The van der Waals surface area contributed by atoms with Crippen molar-refractivity contribution in [3.63, 3.8) is 0 Å². The summed E-state index contributed by atoms with van der Waals surface area (Å²) >= 11 is 0. The largest absolute Gasteiger partial charge is 0.444 e. The van der Waals surface area contributed by atoms with Crippen molar-refractivity contribution in [2.75, 3.05) is 26.2 Å². The number of allylic oxidation sites excluding steroid dienone is 5. The van der Waals surface area contributed by atoms with Gasteiger partial charge in [-0.05, 0) is 65.0 Å². The zero-order valence-electron chi connectivity index (χ0n) is 18.3. The fraction of sp³-hybridized carbons (Fsp3) is 0.696. The van der Waals surface area contributed by atoms with Gasteiger partial charge in [-0.2, -0.15) is 0 Å². The smallest absolute Gasteiger partial charge is 0.410 e. The molecular weight excluding hydrogens is 350 g/mol. The van der Waals surface area contributed by atoms with E-state index < -0.39 is 5.60 Å². The Morgan fingerprint density at radius 2 is 2.04 bits per heavy atom. The minimum absolute atomic E-state index is 0.0483. The van der Waals surface area contributed by atoms with Crippen LogP contribution < -0.4 is 5.32 Å². The number of ether oxygens (including phenoxy) is 1. The van der Waals surface area contributed by atoms with Crippen molar-refractivity contribution in [1.29, 1.82) is 0 Å². The fourth-order valence-corrected chi connectivity index (χ4v) is 4.17. The molecule has 2 heterocycles. The molecule has 0 aromatic heterocycles. The molecule has 3 rings (SSSR count). The van der Waals surface area contributed by atoms with E-state index >= 15 is 0 Å². The standard InChI is InChI=1S/C23H37N3O2/c1-6-7-8-9-10-20(19-11-14-24-18(19)2)25-15-16-26(23(17-25)12-13-23)21(27)28-22(3,4)5/h8-10,24H,6-7,11-17H2,1-5H3/b9-8+,20-10+. The van der Waals surface area contributed by atoms with Gasteiger partial charge in [0.05, 0.1) is 5.54 Å². The Hall–Kier alpha value is -1.91. The van der Waals surface area contributed by atoms with Crippen LogP contribution in [0, 0.1) is 0 Å². The molecule has 28 heavy (non-hydrogen) atoms. The summed E-state index contributed by atoms with van der Waals surface area (Å²) in [4.78, 5) is 17.2. The second kappa shape index (κ2) is 8.22. The Kier molecular flexibility index (Phi) is 6.11. The molecule has 2 fully saturated rings. The molecule has 1 saturated heterocycles. The minimum Gasteiger partial charge on any atom is -0.444 e. The van der Waals surface area contributed by atoms with E-state index in [0.717, 1.165) is 51.9 Å². The van der Waals surface area contributed by atoms with Crippen LogP contribution in [0.5, 0.6) is 0 Å². The number of piperazine rings is 1. The van der Waals surface area contributed by atoms with E-state index in [9.17, 15) is 4.79 Å². The summed E-state index contributed by atoms with van der Waals surface area (Å²) in [5, 5.41) is 3.48. The maximum atomic E-state index is 12.7. The Morgan fingerprint density at radius 1 is 1.29 bits per heavy atom. The number of amides is 1. The van der Waals surface area contributed by atoms with Gasteiger partial charge in [-0.3, -0.25) is 4.90 Å². The first kappa shape index (κ1) is 20.8. The quantitative estimate of drug-likeness (QED) is 0.702. The molecule has 0 unspecified atom stereocenters. The van der Waals surface area contributed by atoms with Crippen LogP contribution in [0.1, 0.15) is 66.7 Å². The second-order valence-corrected chi connectivity index (χ2v) is 9.33. The van der Waals surface area contributed by atoms with E-state index in [0.29, 0.717) is 0 Å². The molecule has 1 saturated carbocycles. The van der Waals surface area contributed by atoms with Crippen LogP contribution in [0.3, 0.4) is 0 Å². The predicted molar refractivity (Wildman–Crippen MR) is 114 cm³/mol. The molecule has 156 valence electrons. The molecule has 0 bridgehead atoms. The number of nitrogens with one attached hydrogen (secondary N) is 1. The van der Waals surface area contributed by atoms with E-state index in [2.05, 4.69) is 42.3 Å². The van der Waals surface area contributed by atoms with Crippen LogP contribution in [0.15, 0.2) is 35.2 Å². The number of carbonyl (C=O) groups excluding carboxylic acids is 1. The van der Waals surface area contributed by atoms with Gasteiger partial charge in [0.2, 0.25) is 0 Å². The summed E-state index contributed by atoms with van der Waals surface area (Å²) in [6.07, 6.45) is 12.1. The van der Waals surface area contributed by atoms with Crippen LogP contribution in [0.25, 0.3) is 0 Å². The minimum atomic E-state index is -0.448. The van der Waals surface area contributed by atoms with Crippen LogP contribution in [0.4, 0.5) is 4.79 Å². The lowest BCUT2D eigenvalue weighted by Gasteiger charge is -2.44. The number of hydrogen-bond donors (Lipinski definition) is 1. The lowest BCUT2D eigenvalue weighted by molar-refractivity contribution is -0.00253. The van der Waals surface area contributed by atoms with Crippen LogP contribution >= 0.6 is 0 Å². The van der Waals surface area contributed by atoms with Crippen LogP contribution in [0.2, 0.25) is 0 Å². The third kappa shape index (κ3) is 4.73. The lowest BCUT2D eigenvalue weighted by Crippen LogP contribution is -2.57. The van der Waals surface area contributed by atoms with E-state index in [1.807, 2.05) is 25.7 Å². The molecule has 2 aliphatic heterocycles. The Morgan fingerprint density at radius 3 is 2.61 bits per heavy atom. The molecule has 1 amide bonds. The summed E-state index contributed by atoms with van der Waals surface area (Å²) in [7, 11) is 0. The third-order valence-corrected chi connectivity index (χ3v) is 5.81. The van der Waals surface area contributed by atoms with Crippen molar-refractivity contribution in [3.05, 3.63) is 35.2 Å². The van der Waals surface area contributed by atoms with Gasteiger partial charge in [-0.25, -0.2) is 4.79 Å². The monoisotopic (exact) mass is 387 g/mol. The predicted octanol–water partition coefficient (Wildman–Crippen LogP) is 4.58. The summed E-state index contributed by atoms with van der Waals surface area (Å²) in [6, 6.07) is 0. The normalized spacial score (nSPS) is 22.2. The van der Waals surface area contributed by atoms with Gasteiger partial charge in [0, 0.05) is 37.6 Å². The van der Waals surface area contributed by atoms with E-state index in [4.69, 9.17) is 4.74 Å². The lowest BCUT2D eigenvalue weighted by atomic mass is 10.0. The average Bonchev–Trinajstić information content (AvgIpc) is 3.23. The van der Waals surface area contributed by atoms with E-state index in [-0.39, 0.29) is 11.6 Å². The highest BCUT2D eigenvalue weighted by atomic mass is 16.6. The fourth-order valence-electron chi connectivity index (χ4n) is 4.17. The van der Waals surface area contributed by atoms with Gasteiger partial charge in [0.25, 0.3) is 0 Å². The molecule has 0 aromatic rings. The second-order valence-electron chi connectivity index (χ2n) is 9.33. The maximum absolute atomic E-state index is 12.7. The molecular formula is C23H37N3O2. The van der Waals surface area contributed by atoms with Gasteiger partial charge >= 0.3 is 6.09 Å². The Balaban J connectivity index is 1.77. The number of rotatable bonds is 5. The number of unbranched alkanes of at least 4 members (excludes halogenated alkanes) is 1. The molecule has 0 radical (unpaired) electrons. The zero-order chi connectivity index (χ0) is 20.4. The van der Waals surface area contributed by atoms with Crippen molar-refractivity contribution >= 4 is 6.09 Å². The highest BCUT2D eigenvalue weighted by Gasteiger charge is 2.54. The summed E-state index contributed by atoms with van der Waals surface area (Å²) in [5.41, 5.74) is 3.53. The topological polar surface area (TPSA) is 44.8 Å². The van der Waals surface area contributed by atoms with Crippen molar-refractivity contribution in [2.24, 2.45) is 0 Å². The Labute approximate surface area is 170 Å². The maximum Gasteiger partial charge on any atom is 0.410 e. The van der Waals surface area contributed by atoms with Crippen molar-refractivity contribution < 1.29 is 9.53 Å². The highest BCUT2D eigenvalue weighted by molar-refractivity contribution is 5.70. The first-order valence-electron chi connectivity index (χ1n) is 10.8. The molecule has 0 aromatic carbocycles. The van der Waals surface area contributed by atoms with E-state index in [1.54, 1.807) is 0 Å². The number of carbonyl (C=O) groups is 1. The molecule has 5 nitrogen and oxygen atoms in total. The molecule has 1 spiro atoms. The van der Waals surface area contributed by atoms with E-state index in [1.165, 1.54) is 23.4 Å². The zero-order valence-corrected chi connectivity index (χ0v) is 18.3. The summed E-state index contributed by atoms with van der Waals surface area (Å²) < 4.78 is 5.68. The average molecular weight is 388 g/mol. The SMILES string of the molecule is CCC/C=C/C=C(\C1=C(C)NCC1)N1CCN(C(=O)OC(C)(C)C)C2(CC2)C1. The van der Waals surface area contributed by atoms with Crippen LogP contribution in [-0.4, -0.2) is 53.2 Å².